The average molecular weight is 422 g/mol. The highest BCUT2D eigenvalue weighted by molar-refractivity contribution is 5.94. The number of amides is 2. The zero-order chi connectivity index (χ0) is 21.2. The number of carbonyl (C=O) groups is 2. The molecule has 2 amide bonds. The van der Waals surface area contributed by atoms with Crippen molar-refractivity contribution < 1.29 is 9.59 Å². The van der Waals surface area contributed by atoms with Gasteiger partial charge in [0.05, 0.1) is 0 Å². The van der Waals surface area contributed by atoms with Crippen LogP contribution in [0.4, 0.5) is 0 Å². The fraction of sp³-hybridized carbons (Fsp3) is 0.542. The standard InChI is InChI=1S/C24H31N5O2/c30-22-10-13-28(15-11-25-22)24(31)23-20-17-27(16-19-6-7-19)12-9-21(20)29(26-23)14-8-18-4-2-1-3-5-18/h1-5,19H,6-17H2,(H,25,30). The third-order valence-electron chi connectivity index (χ3n) is 6.68. The number of rotatable bonds is 6. The molecule has 0 unspecified atom stereocenters. The summed E-state index contributed by atoms with van der Waals surface area (Å²) in [5.74, 6) is 0.817. The van der Waals surface area contributed by atoms with Crippen LogP contribution in [0.5, 0.6) is 0 Å². The molecule has 0 bridgehead atoms. The van der Waals surface area contributed by atoms with Crippen molar-refractivity contribution in [2.45, 2.75) is 45.2 Å². The molecule has 2 aromatic rings. The van der Waals surface area contributed by atoms with Gasteiger partial charge in [-0.3, -0.25) is 19.2 Å². The lowest BCUT2D eigenvalue weighted by Crippen LogP contribution is -2.37. The molecule has 164 valence electrons. The third kappa shape index (κ3) is 4.66. The number of nitrogens with one attached hydrogen (secondary N) is 1. The van der Waals surface area contributed by atoms with E-state index in [1.165, 1.54) is 24.1 Å². The molecule has 3 heterocycles. The monoisotopic (exact) mass is 421 g/mol. The summed E-state index contributed by atoms with van der Waals surface area (Å²) in [4.78, 5) is 29.5. The highest BCUT2D eigenvalue weighted by atomic mass is 16.2. The van der Waals surface area contributed by atoms with Gasteiger partial charge in [0.2, 0.25) is 5.91 Å². The molecule has 1 saturated carbocycles. The van der Waals surface area contributed by atoms with Gasteiger partial charge in [-0.2, -0.15) is 5.10 Å². The number of hydrogen-bond donors (Lipinski definition) is 1. The van der Waals surface area contributed by atoms with E-state index in [-0.39, 0.29) is 11.8 Å². The minimum absolute atomic E-state index is 0.0151. The molecule has 2 aliphatic heterocycles. The van der Waals surface area contributed by atoms with Crippen molar-refractivity contribution in [1.29, 1.82) is 0 Å². The Bertz CT molecular complexity index is 950. The van der Waals surface area contributed by atoms with Crippen molar-refractivity contribution in [2.24, 2.45) is 5.92 Å². The van der Waals surface area contributed by atoms with E-state index in [2.05, 4.69) is 39.2 Å². The number of hydrogen-bond acceptors (Lipinski definition) is 4. The van der Waals surface area contributed by atoms with E-state index in [0.29, 0.717) is 31.7 Å². The van der Waals surface area contributed by atoms with Crippen LogP contribution in [0.2, 0.25) is 0 Å². The largest absolute Gasteiger partial charge is 0.354 e. The maximum atomic E-state index is 13.5. The van der Waals surface area contributed by atoms with Crippen LogP contribution >= 0.6 is 0 Å². The lowest BCUT2D eigenvalue weighted by molar-refractivity contribution is -0.120. The second kappa shape index (κ2) is 8.83. The molecule has 3 aliphatic rings. The van der Waals surface area contributed by atoms with Gasteiger partial charge in [-0.25, -0.2) is 0 Å². The van der Waals surface area contributed by atoms with Crippen LogP contribution in [-0.4, -0.2) is 64.1 Å². The van der Waals surface area contributed by atoms with Crippen LogP contribution in [0.3, 0.4) is 0 Å². The molecule has 0 radical (unpaired) electrons. The van der Waals surface area contributed by atoms with E-state index in [1.54, 1.807) is 4.90 Å². The minimum atomic E-state index is -0.0283. The van der Waals surface area contributed by atoms with Crippen LogP contribution in [0.25, 0.3) is 0 Å². The Labute approximate surface area is 183 Å². The predicted molar refractivity (Wildman–Crippen MR) is 118 cm³/mol. The predicted octanol–water partition coefficient (Wildman–Crippen LogP) is 1.86. The molecular formula is C24H31N5O2. The molecule has 7 heteroatoms. The van der Waals surface area contributed by atoms with Crippen molar-refractivity contribution in [3.63, 3.8) is 0 Å². The van der Waals surface area contributed by atoms with E-state index in [0.717, 1.165) is 50.5 Å². The molecule has 0 spiro atoms. The number of carbonyl (C=O) groups excluding carboxylic acids is 2. The fourth-order valence-electron chi connectivity index (χ4n) is 4.72. The van der Waals surface area contributed by atoms with Crippen molar-refractivity contribution in [3.8, 4) is 0 Å². The SMILES string of the molecule is O=C1CCN(C(=O)c2nn(CCc3ccccc3)c3c2CN(CC2CC2)CC3)CCN1. The molecule has 1 saturated heterocycles. The Kier molecular flexibility index (Phi) is 5.76. The van der Waals surface area contributed by atoms with Gasteiger partial charge in [-0.1, -0.05) is 30.3 Å². The maximum Gasteiger partial charge on any atom is 0.274 e. The fourth-order valence-corrected chi connectivity index (χ4v) is 4.72. The first-order valence-electron chi connectivity index (χ1n) is 11.6. The first-order chi connectivity index (χ1) is 15.2. The normalized spacial score (nSPS) is 19.6. The highest BCUT2D eigenvalue weighted by Gasteiger charge is 2.33. The van der Waals surface area contributed by atoms with Crippen molar-refractivity contribution in [1.82, 2.24) is 24.9 Å². The number of aryl methyl sites for hydroxylation is 2. The number of fused-ring (bicyclic) bond motifs is 1. The van der Waals surface area contributed by atoms with Crippen LogP contribution in [0, 0.1) is 5.92 Å². The van der Waals surface area contributed by atoms with Gasteiger partial charge in [0, 0.05) is 69.9 Å². The molecule has 0 atom stereocenters. The number of nitrogens with zero attached hydrogens (tertiary/aromatic N) is 4. The molecule has 5 rings (SSSR count). The van der Waals surface area contributed by atoms with Crippen LogP contribution in [0.15, 0.2) is 30.3 Å². The highest BCUT2D eigenvalue weighted by Crippen LogP contribution is 2.32. The summed E-state index contributed by atoms with van der Waals surface area (Å²) in [5, 5.41) is 7.71. The van der Waals surface area contributed by atoms with Gasteiger partial charge in [0.25, 0.3) is 5.91 Å². The second-order valence-corrected chi connectivity index (χ2v) is 9.05. The Morgan fingerprint density at radius 2 is 1.94 bits per heavy atom. The Hall–Kier alpha value is -2.67. The topological polar surface area (TPSA) is 70.5 Å². The van der Waals surface area contributed by atoms with E-state index < -0.39 is 0 Å². The summed E-state index contributed by atoms with van der Waals surface area (Å²) in [6.45, 7) is 5.27. The van der Waals surface area contributed by atoms with Gasteiger partial charge in [-0.15, -0.1) is 0 Å². The average Bonchev–Trinajstić information content (AvgIpc) is 3.57. The van der Waals surface area contributed by atoms with Crippen LogP contribution in [-0.2, 0) is 30.7 Å². The molecule has 2 fully saturated rings. The Morgan fingerprint density at radius 3 is 2.74 bits per heavy atom. The minimum Gasteiger partial charge on any atom is -0.354 e. The van der Waals surface area contributed by atoms with Crippen molar-refractivity contribution in [3.05, 3.63) is 52.8 Å². The van der Waals surface area contributed by atoms with E-state index in [4.69, 9.17) is 5.10 Å². The van der Waals surface area contributed by atoms with E-state index in [1.807, 2.05) is 6.07 Å². The quantitative estimate of drug-likeness (QED) is 0.773. The summed E-state index contributed by atoms with van der Waals surface area (Å²) >= 11 is 0. The van der Waals surface area contributed by atoms with Gasteiger partial charge in [-0.05, 0) is 30.7 Å². The maximum absolute atomic E-state index is 13.5. The number of aromatic nitrogens is 2. The lowest BCUT2D eigenvalue weighted by atomic mass is 10.0. The summed E-state index contributed by atoms with van der Waals surface area (Å²) in [6.07, 6.45) is 4.87. The summed E-state index contributed by atoms with van der Waals surface area (Å²) < 4.78 is 2.07. The Balaban J connectivity index is 1.39. The smallest absolute Gasteiger partial charge is 0.274 e. The molecule has 1 aromatic carbocycles. The summed E-state index contributed by atoms with van der Waals surface area (Å²) in [5.41, 5.74) is 4.20. The van der Waals surface area contributed by atoms with Crippen LogP contribution in [0.1, 0.15) is 46.6 Å². The molecular weight excluding hydrogens is 390 g/mol. The van der Waals surface area contributed by atoms with E-state index >= 15 is 0 Å². The van der Waals surface area contributed by atoms with Gasteiger partial charge in [0.1, 0.15) is 0 Å². The number of benzene rings is 1. The first kappa shape index (κ1) is 20.2. The molecule has 31 heavy (non-hydrogen) atoms. The van der Waals surface area contributed by atoms with Gasteiger partial charge in [0.15, 0.2) is 5.69 Å². The molecule has 7 nitrogen and oxygen atoms in total. The van der Waals surface area contributed by atoms with Gasteiger partial charge >= 0.3 is 0 Å². The van der Waals surface area contributed by atoms with Gasteiger partial charge < -0.3 is 10.2 Å². The van der Waals surface area contributed by atoms with Crippen molar-refractivity contribution >= 4 is 11.8 Å². The summed E-state index contributed by atoms with van der Waals surface area (Å²) in [6, 6.07) is 10.4. The zero-order valence-electron chi connectivity index (χ0n) is 18.1. The molecule has 1 aliphatic carbocycles. The molecule has 1 N–H and O–H groups in total. The summed E-state index contributed by atoms with van der Waals surface area (Å²) in [7, 11) is 0. The Morgan fingerprint density at radius 1 is 1.10 bits per heavy atom. The van der Waals surface area contributed by atoms with E-state index in [9.17, 15) is 9.59 Å². The lowest BCUT2D eigenvalue weighted by Gasteiger charge is -2.28. The van der Waals surface area contributed by atoms with Crippen molar-refractivity contribution in [2.75, 3.05) is 32.7 Å². The second-order valence-electron chi connectivity index (χ2n) is 9.05. The first-order valence-corrected chi connectivity index (χ1v) is 11.6. The zero-order valence-corrected chi connectivity index (χ0v) is 18.1. The van der Waals surface area contributed by atoms with Crippen LogP contribution < -0.4 is 5.32 Å². The third-order valence-corrected chi connectivity index (χ3v) is 6.68. The molecule has 1 aromatic heterocycles.